The normalized spacial score (nSPS) is 25.5. The Morgan fingerprint density at radius 2 is 2.00 bits per heavy atom. The van der Waals surface area contributed by atoms with Crippen molar-refractivity contribution in [2.75, 3.05) is 13.7 Å². The number of rotatable bonds is 3. The first-order valence-corrected chi connectivity index (χ1v) is 8.67. The molecule has 1 aliphatic heterocycles. The molecule has 2 aliphatic rings. The van der Waals surface area contributed by atoms with Crippen molar-refractivity contribution in [1.29, 1.82) is 0 Å². The van der Waals surface area contributed by atoms with E-state index in [1.54, 1.807) is 0 Å². The molecule has 0 aromatic heterocycles. The molecule has 1 fully saturated rings. The highest BCUT2D eigenvalue weighted by Crippen LogP contribution is 2.30. The summed E-state index contributed by atoms with van der Waals surface area (Å²) in [5.41, 5.74) is 4.47. The number of aryl methyl sites for hydroxylation is 3. The van der Waals surface area contributed by atoms with Gasteiger partial charge < -0.3 is 4.74 Å². The predicted molar refractivity (Wildman–Crippen MR) is 88.0 cm³/mol. The number of hydrogen-bond acceptors (Lipinski definition) is 3. The van der Waals surface area contributed by atoms with Gasteiger partial charge in [-0.3, -0.25) is 9.69 Å². The SMILES string of the molecule is CCc1ccc2c(c1)CCC(N1CCC[C@H]1C(=O)OC)CC2. The Balaban J connectivity index is 1.72. The van der Waals surface area contributed by atoms with Crippen LogP contribution in [0.15, 0.2) is 18.2 Å². The first kappa shape index (κ1) is 15.5. The summed E-state index contributed by atoms with van der Waals surface area (Å²) in [6.07, 6.45) is 7.76. The van der Waals surface area contributed by atoms with Gasteiger partial charge >= 0.3 is 5.97 Å². The minimum absolute atomic E-state index is 0.0117. The lowest BCUT2D eigenvalue weighted by Crippen LogP contribution is -2.43. The van der Waals surface area contributed by atoms with E-state index in [9.17, 15) is 4.79 Å². The summed E-state index contributed by atoms with van der Waals surface area (Å²) in [6.45, 7) is 3.26. The molecule has 22 heavy (non-hydrogen) atoms. The molecule has 0 bridgehead atoms. The van der Waals surface area contributed by atoms with Gasteiger partial charge in [0.15, 0.2) is 0 Å². The molecule has 120 valence electrons. The summed E-state index contributed by atoms with van der Waals surface area (Å²) in [5, 5.41) is 0. The molecule has 1 aromatic carbocycles. The number of ether oxygens (including phenoxy) is 1. The molecule has 1 unspecified atom stereocenters. The zero-order valence-electron chi connectivity index (χ0n) is 13.8. The quantitative estimate of drug-likeness (QED) is 0.634. The highest BCUT2D eigenvalue weighted by atomic mass is 16.5. The number of carbonyl (C=O) groups is 1. The van der Waals surface area contributed by atoms with E-state index < -0.39 is 0 Å². The standard InChI is InChI=1S/C19H27NO2/c1-3-14-6-7-15-8-10-17(11-9-16(15)13-14)20-12-4-5-18(20)19(21)22-2/h6-7,13,17-18H,3-5,8-12H2,1-2H3/t17?,18-/m0/s1. The number of benzene rings is 1. The number of fused-ring (bicyclic) bond motifs is 1. The van der Waals surface area contributed by atoms with Gasteiger partial charge in [-0.25, -0.2) is 0 Å². The maximum atomic E-state index is 12.0. The van der Waals surface area contributed by atoms with Gasteiger partial charge in [-0.05, 0) is 68.2 Å². The summed E-state index contributed by atoms with van der Waals surface area (Å²) in [4.78, 5) is 14.4. The Morgan fingerprint density at radius 1 is 1.23 bits per heavy atom. The lowest BCUT2D eigenvalue weighted by molar-refractivity contribution is -0.146. The van der Waals surface area contributed by atoms with E-state index in [-0.39, 0.29) is 12.0 Å². The van der Waals surface area contributed by atoms with Crippen molar-refractivity contribution in [2.45, 2.75) is 64.0 Å². The van der Waals surface area contributed by atoms with E-state index in [0.717, 1.165) is 51.5 Å². The van der Waals surface area contributed by atoms with Crippen molar-refractivity contribution in [2.24, 2.45) is 0 Å². The summed E-state index contributed by atoms with van der Waals surface area (Å²) in [5.74, 6) is -0.0486. The number of nitrogens with zero attached hydrogens (tertiary/aromatic N) is 1. The minimum Gasteiger partial charge on any atom is -0.468 e. The van der Waals surface area contributed by atoms with E-state index >= 15 is 0 Å². The van der Waals surface area contributed by atoms with Crippen molar-refractivity contribution in [3.8, 4) is 0 Å². The van der Waals surface area contributed by atoms with Crippen LogP contribution in [0.1, 0.15) is 49.3 Å². The maximum absolute atomic E-state index is 12.0. The second-order valence-electron chi connectivity index (χ2n) is 6.61. The molecule has 3 rings (SSSR count). The molecular formula is C19H27NO2. The van der Waals surface area contributed by atoms with Gasteiger partial charge in [0.1, 0.15) is 6.04 Å². The summed E-state index contributed by atoms with van der Waals surface area (Å²) < 4.78 is 5.00. The molecular weight excluding hydrogens is 274 g/mol. The van der Waals surface area contributed by atoms with Crippen molar-refractivity contribution in [3.63, 3.8) is 0 Å². The summed E-state index contributed by atoms with van der Waals surface area (Å²) >= 11 is 0. The molecule has 3 heteroatoms. The Bertz CT molecular complexity index is 540. The Morgan fingerprint density at radius 3 is 2.73 bits per heavy atom. The van der Waals surface area contributed by atoms with Crippen molar-refractivity contribution in [1.82, 2.24) is 4.90 Å². The molecule has 3 nitrogen and oxygen atoms in total. The Labute approximate surface area is 133 Å². The van der Waals surface area contributed by atoms with Crippen LogP contribution in [0.2, 0.25) is 0 Å². The Hall–Kier alpha value is -1.35. The van der Waals surface area contributed by atoms with Gasteiger partial charge in [0.2, 0.25) is 0 Å². The van der Waals surface area contributed by atoms with Crippen LogP contribution in [0.25, 0.3) is 0 Å². The minimum atomic E-state index is -0.0486. The van der Waals surface area contributed by atoms with Crippen molar-refractivity contribution in [3.05, 3.63) is 34.9 Å². The highest BCUT2D eigenvalue weighted by Gasteiger charge is 2.36. The van der Waals surface area contributed by atoms with Crippen LogP contribution < -0.4 is 0 Å². The predicted octanol–water partition coefficient (Wildman–Crippen LogP) is 3.13. The zero-order chi connectivity index (χ0) is 15.5. The largest absolute Gasteiger partial charge is 0.468 e. The number of hydrogen-bond donors (Lipinski definition) is 0. The van der Waals surface area contributed by atoms with E-state index in [2.05, 4.69) is 30.0 Å². The van der Waals surface area contributed by atoms with Crippen LogP contribution >= 0.6 is 0 Å². The molecule has 0 spiro atoms. The fourth-order valence-electron chi connectivity index (χ4n) is 4.11. The molecule has 1 saturated heterocycles. The maximum Gasteiger partial charge on any atom is 0.323 e. The molecule has 1 heterocycles. The van der Waals surface area contributed by atoms with Gasteiger partial charge in [0, 0.05) is 6.04 Å². The third kappa shape index (κ3) is 3.05. The first-order valence-electron chi connectivity index (χ1n) is 8.67. The lowest BCUT2D eigenvalue weighted by Gasteiger charge is -2.31. The van der Waals surface area contributed by atoms with Crippen LogP contribution in [-0.4, -0.2) is 36.6 Å². The molecule has 2 atom stereocenters. The van der Waals surface area contributed by atoms with Crippen molar-refractivity contribution < 1.29 is 9.53 Å². The van der Waals surface area contributed by atoms with Gasteiger partial charge in [-0.2, -0.15) is 0 Å². The smallest absolute Gasteiger partial charge is 0.323 e. The topological polar surface area (TPSA) is 29.5 Å². The second kappa shape index (κ2) is 6.82. The molecule has 0 saturated carbocycles. The van der Waals surface area contributed by atoms with Crippen LogP contribution in [0, 0.1) is 0 Å². The van der Waals surface area contributed by atoms with Crippen molar-refractivity contribution >= 4 is 5.97 Å². The van der Waals surface area contributed by atoms with Gasteiger partial charge in [-0.15, -0.1) is 0 Å². The van der Waals surface area contributed by atoms with Crippen LogP contribution in [0.4, 0.5) is 0 Å². The number of likely N-dealkylation sites (tertiary alicyclic amines) is 1. The average molecular weight is 301 g/mol. The molecule has 0 radical (unpaired) electrons. The van der Waals surface area contributed by atoms with E-state index in [4.69, 9.17) is 4.74 Å². The van der Waals surface area contributed by atoms with Gasteiger partial charge in [0.25, 0.3) is 0 Å². The Kier molecular flexibility index (Phi) is 4.82. The molecule has 1 aromatic rings. The number of methoxy groups -OCH3 is 1. The number of esters is 1. The van der Waals surface area contributed by atoms with Crippen LogP contribution in [0.5, 0.6) is 0 Å². The molecule has 0 N–H and O–H groups in total. The van der Waals surface area contributed by atoms with Crippen LogP contribution in [0.3, 0.4) is 0 Å². The second-order valence-corrected chi connectivity index (χ2v) is 6.61. The lowest BCUT2D eigenvalue weighted by atomic mass is 9.99. The third-order valence-corrected chi connectivity index (χ3v) is 5.41. The van der Waals surface area contributed by atoms with Gasteiger partial charge in [-0.1, -0.05) is 25.1 Å². The molecule has 0 amide bonds. The third-order valence-electron chi connectivity index (χ3n) is 5.41. The fourth-order valence-corrected chi connectivity index (χ4v) is 4.11. The summed E-state index contributed by atoms with van der Waals surface area (Å²) in [6, 6.07) is 7.48. The summed E-state index contributed by atoms with van der Waals surface area (Å²) in [7, 11) is 1.51. The monoisotopic (exact) mass is 301 g/mol. The number of carbonyl (C=O) groups excluding carboxylic acids is 1. The van der Waals surface area contributed by atoms with Gasteiger partial charge in [0.05, 0.1) is 7.11 Å². The highest BCUT2D eigenvalue weighted by molar-refractivity contribution is 5.76. The molecule has 1 aliphatic carbocycles. The first-order chi connectivity index (χ1) is 10.7. The van der Waals surface area contributed by atoms with Crippen LogP contribution in [-0.2, 0) is 28.8 Å². The fraction of sp³-hybridized carbons (Fsp3) is 0.632. The van der Waals surface area contributed by atoms with E-state index in [0.29, 0.717) is 6.04 Å². The average Bonchev–Trinajstić information content (AvgIpc) is 2.94. The van der Waals surface area contributed by atoms with E-state index in [1.165, 1.54) is 23.8 Å². The van der Waals surface area contributed by atoms with E-state index in [1.807, 2.05) is 0 Å². The zero-order valence-corrected chi connectivity index (χ0v) is 13.8.